The molecule has 0 radical (unpaired) electrons. The van der Waals surface area contributed by atoms with Crippen molar-refractivity contribution >= 4 is 5.97 Å². The number of ether oxygens (including phenoxy) is 3. The number of esters is 1. The molecular weight excluding hydrogens is 425 g/mol. The number of carbonyl (C=O) groups excluding carboxylic acids is 1. The van der Waals surface area contributed by atoms with Crippen molar-refractivity contribution in [2.75, 3.05) is 14.2 Å². The molecule has 0 aliphatic heterocycles. The maximum atomic E-state index is 14.6. The lowest BCUT2D eigenvalue weighted by Gasteiger charge is -2.22. The maximum Gasteiger partial charge on any atom is 0.314 e. The first-order chi connectivity index (χ1) is 14.9. The van der Waals surface area contributed by atoms with Crippen molar-refractivity contribution in [2.45, 2.75) is 59.2 Å². The van der Waals surface area contributed by atoms with E-state index in [1.165, 1.54) is 7.11 Å². The molecule has 1 unspecified atom stereocenters. The Balaban J connectivity index is 2.31. The summed E-state index contributed by atoms with van der Waals surface area (Å²) in [5, 5.41) is 0. The zero-order valence-electron chi connectivity index (χ0n) is 19.4. The molecule has 1 atom stereocenters. The number of methoxy groups -OCH3 is 2. The fraction of sp³-hybridized carbons (Fsp3) is 0.522. The lowest BCUT2D eigenvalue weighted by Crippen LogP contribution is -2.23. The molecule has 2 aromatic rings. The van der Waals surface area contributed by atoms with Crippen LogP contribution < -0.4 is 4.74 Å². The standard InChI is InChI=1S/C23H29F3N2O4/c1-12(2)16(13-8-27-22(28-9-13)23(3,4)5)21(29)32-11-15-18(25)17(24)14(10-30-6)19(26)20(15)31-7/h8-9,12,16H,10-11H2,1-7H3. The van der Waals surface area contributed by atoms with Gasteiger partial charge >= 0.3 is 5.97 Å². The lowest BCUT2D eigenvalue weighted by molar-refractivity contribution is -0.148. The topological polar surface area (TPSA) is 70.5 Å². The second-order valence-corrected chi connectivity index (χ2v) is 8.78. The monoisotopic (exact) mass is 454 g/mol. The molecule has 0 fully saturated rings. The van der Waals surface area contributed by atoms with Crippen molar-refractivity contribution in [2.24, 2.45) is 5.92 Å². The van der Waals surface area contributed by atoms with E-state index in [-0.39, 0.29) is 11.3 Å². The Bertz CT molecular complexity index is 957. The minimum atomic E-state index is -1.41. The van der Waals surface area contributed by atoms with Crippen molar-refractivity contribution in [3.05, 3.63) is 52.4 Å². The van der Waals surface area contributed by atoms with Crippen LogP contribution in [0.5, 0.6) is 5.75 Å². The third-order valence-corrected chi connectivity index (χ3v) is 4.93. The highest BCUT2D eigenvalue weighted by Crippen LogP contribution is 2.33. The van der Waals surface area contributed by atoms with E-state index in [4.69, 9.17) is 14.2 Å². The molecule has 0 amide bonds. The average molecular weight is 454 g/mol. The molecule has 0 N–H and O–H groups in total. The van der Waals surface area contributed by atoms with Crippen molar-refractivity contribution in [1.29, 1.82) is 0 Å². The molecule has 176 valence electrons. The number of aromatic nitrogens is 2. The SMILES string of the molecule is COCc1c(F)c(F)c(COC(=O)C(c2cnc(C(C)(C)C)nc2)C(C)C)c(OC)c1F. The second kappa shape index (κ2) is 10.3. The van der Waals surface area contributed by atoms with Gasteiger partial charge in [-0.2, -0.15) is 0 Å². The van der Waals surface area contributed by atoms with Crippen molar-refractivity contribution < 1.29 is 32.2 Å². The lowest BCUT2D eigenvalue weighted by atomic mass is 9.89. The van der Waals surface area contributed by atoms with Crippen LogP contribution in [0.1, 0.15) is 63.1 Å². The zero-order chi connectivity index (χ0) is 24.2. The van der Waals surface area contributed by atoms with Crippen molar-refractivity contribution in [3.63, 3.8) is 0 Å². The van der Waals surface area contributed by atoms with Crippen LogP contribution in [0.2, 0.25) is 0 Å². The summed E-state index contributed by atoms with van der Waals surface area (Å²) in [4.78, 5) is 21.5. The quantitative estimate of drug-likeness (QED) is 0.420. The highest BCUT2D eigenvalue weighted by atomic mass is 19.2. The van der Waals surface area contributed by atoms with Crippen molar-refractivity contribution in [3.8, 4) is 5.75 Å². The molecule has 0 bridgehead atoms. The van der Waals surface area contributed by atoms with E-state index in [1.54, 1.807) is 12.4 Å². The third-order valence-electron chi connectivity index (χ3n) is 4.93. The number of hydrogen-bond donors (Lipinski definition) is 0. The van der Waals surface area contributed by atoms with E-state index in [2.05, 4.69) is 9.97 Å². The van der Waals surface area contributed by atoms with Gasteiger partial charge in [-0.25, -0.2) is 23.1 Å². The predicted octanol–water partition coefficient (Wildman–Crippen LogP) is 4.83. The van der Waals surface area contributed by atoms with E-state index in [1.807, 2.05) is 34.6 Å². The minimum Gasteiger partial charge on any atom is -0.493 e. The molecular formula is C23H29F3N2O4. The highest BCUT2D eigenvalue weighted by Gasteiger charge is 2.30. The smallest absolute Gasteiger partial charge is 0.314 e. The molecule has 1 aromatic carbocycles. The van der Waals surface area contributed by atoms with Gasteiger partial charge in [-0.3, -0.25) is 4.79 Å². The van der Waals surface area contributed by atoms with Crippen LogP contribution in [0, 0.1) is 23.4 Å². The minimum absolute atomic E-state index is 0.198. The maximum absolute atomic E-state index is 14.6. The molecule has 1 heterocycles. The van der Waals surface area contributed by atoms with E-state index in [0.717, 1.165) is 7.11 Å². The van der Waals surface area contributed by atoms with Crippen LogP contribution in [0.3, 0.4) is 0 Å². The van der Waals surface area contributed by atoms with Gasteiger partial charge in [0.05, 0.1) is 30.8 Å². The molecule has 0 aliphatic carbocycles. The van der Waals surface area contributed by atoms with Gasteiger partial charge < -0.3 is 14.2 Å². The first-order valence-corrected chi connectivity index (χ1v) is 10.1. The molecule has 2 rings (SSSR count). The first-order valence-electron chi connectivity index (χ1n) is 10.1. The summed E-state index contributed by atoms with van der Waals surface area (Å²) in [7, 11) is 2.34. The van der Waals surface area contributed by atoms with Gasteiger partial charge in [-0.15, -0.1) is 0 Å². The van der Waals surface area contributed by atoms with Crippen LogP contribution in [-0.2, 0) is 32.9 Å². The Morgan fingerprint density at radius 1 is 0.969 bits per heavy atom. The summed E-state index contributed by atoms with van der Waals surface area (Å²) in [5.74, 6) is -5.45. The molecule has 0 aliphatic rings. The number of rotatable bonds is 8. The van der Waals surface area contributed by atoms with Crippen molar-refractivity contribution in [1.82, 2.24) is 9.97 Å². The highest BCUT2D eigenvalue weighted by molar-refractivity contribution is 5.78. The van der Waals surface area contributed by atoms with E-state index >= 15 is 0 Å². The normalized spacial score (nSPS) is 12.7. The number of carbonyl (C=O) groups is 1. The van der Waals surface area contributed by atoms with Gasteiger partial charge in [-0.05, 0) is 5.92 Å². The van der Waals surface area contributed by atoms with Crippen LogP contribution in [0.25, 0.3) is 0 Å². The molecule has 1 aromatic heterocycles. The van der Waals surface area contributed by atoms with E-state index in [0.29, 0.717) is 11.4 Å². The summed E-state index contributed by atoms with van der Waals surface area (Å²) < 4.78 is 58.4. The fourth-order valence-corrected chi connectivity index (χ4v) is 3.26. The summed E-state index contributed by atoms with van der Waals surface area (Å²) in [6.45, 7) is 8.33. The first kappa shape index (κ1) is 25.6. The van der Waals surface area contributed by atoms with Crippen LogP contribution >= 0.6 is 0 Å². The molecule has 0 spiro atoms. The third kappa shape index (κ3) is 5.38. The summed E-state index contributed by atoms with van der Waals surface area (Å²) in [6, 6.07) is 0. The Kier molecular flexibility index (Phi) is 8.23. The van der Waals surface area contributed by atoms with Gasteiger partial charge in [0.25, 0.3) is 0 Å². The fourth-order valence-electron chi connectivity index (χ4n) is 3.26. The Hall–Kier alpha value is -2.68. The Morgan fingerprint density at radius 2 is 1.53 bits per heavy atom. The molecule has 32 heavy (non-hydrogen) atoms. The largest absolute Gasteiger partial charge is 0.493 e. The van der Waals surface area contributed by atoms with Gasteiger partial charge in [0.15, 0.2) is 23.2 Å². The van der Waals surface area contributed by atoms with Crippen LogP contribution in [-0.4, -0.2) is 30.2 Å². The van der Waals surface area contributed by atoms with Crippen LogP contribution in [0.4, 0.5) is 13.2 Å². The molecule has 0 saturated heterocycles. The van der Waals surface area contributed by atoms with E-state index in [9.17, 15) is 18.0 Å². The van der Waals surface area contributed by atoms with Gasteiger partial charge in [0.2, 0.25) is 0 Å². The predicted molar refractivity (Wildman–Crippen MR) is 112 cm³/mol. The Labute approximate surface area is 186 Å². The number of nitrogens with zero attached hydrogens (tertiary/aromatic N) is 2. The molecule has 6 nitrogen and oxygen atoms in total. The number of halogens is 3. The zero-order valence-corrected chi connectivity index (χ0v) is 19.4. The average Bonchev–Trinajstić information content (AvgIpc) is 2.72. The van der Waals surface area contributed by atoms with E-state index < -0.39 is 59.4 Å². The van der Waals surface area contributed by atoms with Gasteiger partial charge in [0, 0.05) is 30.5 Å². The van der Waals surface area contributed by atoms with Gasteiger partial charge in [0.1, 0.15) is 12.4 Å². The second-order valence-electron chi connectivity index (χ2n) is 8.78. The molecule has 0 saturated carbocycles. The summed E-state index contributed by atoms with van der Waals surface area (Å²) in [5.41, 5.74) is -0.868. The summed E-state index contributed by atoms with van der Waals surface area (Å²) in [6.07, 6.45) is 3.11. The molecule has 9 heteroatoms. The number of hydrogen-bond acceptors (Lipinski definition) is 6. The van der Waals surface area contributed by atoms with Crippen LogP contribution in [0.15, 0.2) is 12.4 Å². The van der Waals surface area contributed by atoms with Gasteiger partial charge in [-0.1, -0.05) is 34.6 Å². The Morgan fingerprint density at radius 3 is 2.00 bits per heavy atom. The number of benzene rings is 1. The summed E-state index contributed by atoms with van der Waals surface area (Å²) >= 11 is 0.